The van der Waals surface area contributed by atoms with Crippen molar-refractivity contribution in [1.29, 1.82) is 0 Å². The summed E-state index contributed by atoms with van der Waals surface area (Å²) in [6, 6.07) is 0. The first kappa shape index (κ1) is 12.5. The van der Waals surface area contributed by atoms with Gasteiger partial charge in [-0.3, -0.25) is 4.79 Å². The Labute approximate surface area is 91.3 Å². The molecule has 4 N–H and O–H groups in total. The molecule has 0 radical (unpaired) electrons. The average Bonchev–Trinajstić information content (AvgIpc) is 2.16. The van der Waals surface area contributed by atoms with Gasteiger partial charge in [0.15, 0.2) is 0 Å². The fourth-order valence-electron chi connectivity index (χ4n) is 1.88. The molecule has 4 heteroatoms. The van der Waals surface area contributed by atoms with Crippen LogP contribution in [0.1, 0.15) is 39.5 Å². The van der Waals surface area contributed by atoms with Crippen LogP contribution >= 0.6 is 0 Å². The van der Waals surface area contributed by atoms with Gasteiger partial charge in [0.2, 0.25) is 5.91 Å². The lowest BCUT2D eigenvalue weighted by atomic mass is 9.88. The number of amides is 1. The molecule has 0 bridgehead atoms. The molecule has 1 aliphatic carbocycles. The van der Waals surface area contributed by atoms with Crippen LogP contribution in [-0.2, 0) is 9.53 Å². The first-order valence-electron chi connectivity index (χ1n) is 5.64. The monoisotopic (exact) mass is 214 g/mol. The highest BCUT2D eigenvalue weighted by Gasteiger charge is 2.29. The lowest BCUT2D eigenvalue weighted by molar-refractivity contribution is -0.126. The van der Waals surface area contributed by atoms with E-state index < -0.39 is 11.4 Å². The molecule has 1 amide bonds. The Morgan fingerprint density at radius 1 is 1.47 bits per heavy atom. The Morgan fingerprint density at radius 3 is 2.60 bits per heavy atom. The number of carbonyl (C=O) groups is 1. The number of nitrogens with two attached hydrogens (primary N) is 2. The number of primary amides is 1. The Hall–Kier alpha value is -0.610. The highest BCUT2D eigenvalue weighted by Crippen LogP contribution is 2.26. The van der Waals surface area contributed by atoms with Crippen molar-refractivity contribution in [2.75, 3.05) is 6.61 Å². The van der Waals surface area contributed by atoms with Crippen LogP contribution in [0.3, 0.4) is 0 Å². The fraction of sp³-hybridized carbons (Fsp3) is 0.909. The molecule has 0 aromatic rings. The zero-order valence-corrected chi connectivity index (χ0v) is 9.66. The van der Waals surface area contributed by atoms with Gasteiger partial charge in [0.1, 0.15) is 5.54 Å². The smallest absolute Gasteiger partial charge is 0.239 e. The molecule has 1 rings (SSSR count). The standard InChI is InChI=1S/C11H22N2O2/c1-8-5-3-4-6-9(8)15-7-11(2,13)10(12)14/h8-9H,3-7,13H2,1-2H3,(H2,12,14). The van der Waals surface area contributed by atoms with Crippen molar-refractivity contribution in [2.24, 2.45) is 17.4 Å². The lowest BCUT2D eigenvalue weighted by Gasteiger charge is -2.31. The van der Waals surface area contributed by atoms with E-state index in [-0.39, 0.29) is 12.7 Å². The zero-order chi connectivity index (χ0) is 11.5. The Morgan fingerprint density at radius 2 is 2.07 bits per heavy atom. The molecule has 3 atom stereocenters. The van der Waals surface area contributed by atoms with Crippen molar-refractivity contribution in [1.82, 2.24) is 0 Å². The predicted octanol–water partition coefficient (Wildman–Crippen LogP) is 0.784. The van der Waals surface area contributed by atoms with E-state index in [2.05, 4.69) is 6.92 Å². The van der Waals surface area contributed by atoms with E-state index in [1.165, 1.54) is 19.3 Å². The maximum absolute atomic E-state index is 11.0. The Balaban J connectivity index is 2.38. The van der Waals surface area contributed by atoms with Gasteiger partial charge in [0.05, 0.1) is 12.7 Å². The molecule has 0 aromatic carbocycles. The third-order valence-electron chi connectivity index (χ3n) is 3.19. The molecule has 0 aromatic heterocycles. The number of ether oxygens (including phenoxy) is 1. The molecule has 0 saturated heterocycles. The van der Waals surface area contributed by atoms with E-state index in [9.17, 15) is 4.79 Å². The second-order valence-corrected chi connectivity index (χ2v) is 4.89. The summed E-state index contributed by atoms with van der Waals surface area (Å²) in [5, 5.41) is 0. The molecule has 1 saturated carbocycles. The second kappa shape index (κ2) is 4.94. The summed E-state index contributed by atoms with van der Waals surface area (Å²) in [5.41, 5.74) is 9.85. The number of carbonyl (C=O) groups excluding carboxylic acids is 1. The minimum atomic E-state index is -1.04. The van der Waals surface area contributed by atoms with Gasteiger partial charge in [-0.2, -0.15) is 0 Å². The highest BCUT2D eigenvalue weighted by molar-refractivity contribution is 5.83. The van der Waals surface area contributed by atoms with E-state index in [1.54, 1.807) is 6.92 Å². The molecule has 15 heavy (non-hydrogen) atoms. The molecular formula is C11H22N2O2. The largest absolute Gasteiger partial charge is 0.375 e. The van der Waals surface area contributed by atoms with E-state index in [4.69, 9.17) is 16.2 Å². The Bertz CT molecular complexity index is 229. The number of rotatable bonds is 4. The van der Waals surface area contributed by atoms with Gasteiger partial charge in [0.25, 0.3) is 0 Å². The van der Waals surface area contributed by atoms with Crippen LogP contribution in [0, 0.1) is 5.92 Å². The van der Waals surface area contributed by atoms with Crippen molar-refractivity contribution in [2.45, 2.75) is 51.2 Å². The number of hydrogen-bond donors (Lipinski definition) is 2. The molecule has 0 spiro atoms. The third-order valence-corrected chi connectivity index (χ3v) is 3.19. The van der Waals surface area contributed by atoms with Gasteiger partial charge in [-0.1, -0.05) is 19.8 Å². The van der Waals surface area contributed by atoms with Crippen LogP contribution in [-0.4, -0.2) is 24.2 Å². The first-order chi connectivity index (χ1) is 6.93. The second-order valence-electron chi connectivity index (χ2n) is 4.89. The van der Waals surface area contributed by atoms with E-state index >= 15 is 0 Å². The first-order valence-corrected chi connectivity index (χ1v) is 5.64. The van der Waals surface area contributed by atoms with Crippen LogP contribution in [0.15, 0.2) is 0 Å². The minimum Gasteiger partial charge on any atom is -0.375 e. The van der Waals surface area contributed by atoms with Gasteiger partial charge in [-0.25, -0.2) is 0 Å². The minimum absolute atomic E-state index is 0.220. The predicted molar refractivity (Wildman–Crippen MR) is 59.2 cm³/mol. The van der Waals surface area contributed by atoms with Crippen LogP contribution < -0.4 is 11.5 Å². The van der Waals surface area contributed by atoms with E-state index in [0.29, 0.717) is 5.92 Å². The van der Waals surface area contributed by atoms with Crippen LogP contribution in [0.4, 0.5) is 0 Å². The Kier molecular flexibility index (Phi) is 4.11. The molecule has 3 unspecified atom stereocenters. The van der Waals surface area contributed by atoms with Gasteiger partial charge in [-0.15, -0.1) is 0 Å². The van der Waals surface area contributed by atoms with Gasteiger partial charge < -0.3 is 16.2 Å². The lowest BCUT2D eigenvalue weighted by Crippen LogP contribution is -2.53. The van der Waals surface area contributed by atoms with Crippen molar-refractivity contribution in [3.63, 3.8) is 0 Å². The van der Waals surface area contributed by atoms with Crippen molar-refractivity contribution >= 4 is 5.91 Å². The highest BCUT2D eigenvalue weighted by atomic mass is 16.5. The summed E-state index contributed by atoms with van der Waals surface area (Å²) in [6.07, 6.45) is 4.98. The average molecular weight is 214 g/mol. The maximum atomic E-state index is 11.0. The van der Waals surface area contributed by atoms with Crippen LogP contribution in [0.25, 0.3) is 0 Å². The van der Waals surface area contributed by atoms with E-state index in [1.807, 2.05) is 0 Å². The molecular weight excluding hydrogens is 192 g/mol. The summed E-state index contributed by atoms with van der Waals surface area (Å²) >= 11 is 0. The van der Waals surface area contributed by atoms with E-state index in [0.717, 1.165) is 6.42 Å². The molecule has 1 fully saturated rings. The molecule has 4 nitrogen and oxygen atoms in total. The summed E-state index contributed by atoms with van der Waals surface area (Å²) in [7, 11) is 0. The number of hydrogen-bond acceptors (Lipinski definition) is 3. The van der Waals surface area contributed by atoms with Crippen LogP contribution in [0.5, 0.6) is 0 Å². The SMILES string of the molecule is CC1CCCCC1OCC(C)(N)C(N)=O. The third kappa shape index (κ3) is 3.47. The van der Waals surface area contributed by atoms with Crippen LogP contribution in [0.2, 0.25) is 0 Å². The van der Waals surface area contributed by atoms with Crippen molar-refractivity contribution in [3.8, 4) is 0 Å². The quantitative estimate of drug-likeness (QED) is 0.726. The summed E-state index contributed by atoms with van der Waals surface area (Å²) < 4.78 is 5.70. The normalized spacial score (nSPS) is 30.9. The van der Waals surface area contributed by atoms with Gasteiger partial charge >= 0.3 is 0 Å². The summed E-state index contributed by atoms with van der Waals surface area (Å²) in [6.45, 7) is 4.02. The van der Waals surface area contributed by atoms with Gasteiger partial charge in [-0.05, 0) is 25.7 Å². The molecule has 88 valence electrons. The zero-order valence-electron chi connectivity index (χ0n) is 9.66. The summed E-state index contributed by atoms with van der Waals surface area (Å²) in [4.78, 5) is 11.0. The molecule has 0 heterocycles. The summed E-state index contributed by atoms with van der Waals surface area (Å²) in [5.74, 6) is 0.0494. The topological polar surface area (TPSA) is 78.3 Å². The fourth-order valence-corrected chi connectivity index (χ4v) is 1.88. The molecule has 0 aliphatic heterocycles. The van der Waals surface area contributed by atoms with Crippen molar-refractivity contribution in [3.05, 3.63) is 0 Å². The maximum Gasteiger partial charge on any atom is 0.239 e. The van der Waals surface area contributed by atoms with Crippen molar-refractivity contribution < 1.29 is 9.53 Å². The van der Waals surface area contributed by atoms with Gasteiger partial charge in [0, 0.05) is 0 Å². The molecule has 1 aliphatic rings.